The molecule has 1 aromatic carbocycles. The monoisotopic (exact) mass is 239 g/mol. The van der Waals surface area contributed by atoms with E-state index in [4.69, 9.17) is 4.74 Å². The Bertz CT molecular complexity index is 323. The summed E-state index contributed by atoms with van der Waals surface area (Å²) in [7, 11) is 3.67. The van der Waals surface area contributed by atoms with E-state index in [0.29, 0.717) is 5.92 Å². The van der Waals surface area contributed by atoms with Crippen molar-refractivity contribution in [2.24, 2.45) is 5.92 Å². The zero-order valence-electron chi connectivity index (χ0n) is 11.0. The molecule has 1 aromatic rings. The van der Waals surface area contributed by atoms with Crippen LogP contribution in [0.5, 0.6) is 0 Å². The van der Waals surface area contributed by atoms with Crippen molar-refractivity contribution in [3.05, 3.63) is 35.6 Å². The second-order valence-corrected chi connectivity index (χ2v) is 4.67. The van der Waals surface area contributed by atoms with Crippen molar-refractivity contribution in [3.63, 3.8) is 0 Å². The Kier molecular flexibility index (Phi) is 5.59. The number of hydrogen-bond donors (Lipinski definition) is 1. The molecule has 3 heteroatoms. The lowest BCUT2D eigenvalue weighted by Gasteiger charge is -2.28. The van der Waals surface area contributed by atoms with Crippen molar-refractivity contribution < 1.29 is 9.13 Å². The topological polar surface area (TPSA) is 21.3 Å². The molecule has 2 atom stereocenters. The summed E-state index contributed by atoms with van der Waals surface area (Å²) in [6, 6.07) is 6.89. The molecule has 0 radical (unpaired) electrons. The summed E-state index contributed by atoms with van der Waals surface area (Å²) in [5.41, 5.74) is 1.12. The zero-order chi connectivity index (χ0) is 12.8. The average Bonchev–Trinajstić information content (AvgIpc) is 2.31. The number of nitrogens with one attached hydrogen (secondary N) is 1. The van der Waals surface area contributed by atoms with Crippen LogP contribution in [0, 0.1) is 11.7 Å². The summed E-state index contributed by atoms with van der Waals surface area (Å²) in [6.45, 7) is 4.28. The number of rotatable bonds is 6. The summed E-state index contributed by atoms with van der Waals surface area (Å²) in [5, 5.41) is 3.28. The Hall–Kier alpha value is -0.930. The molecule has 0 heterocycles. The van der Waals surface area contributed by atoms with Crippen LogP contribution in [0.15, 0.2) is 24.3 Å². The summed E-state index contributed by atoms with van der Waals surface area (Å²) >= 11 is 0. The second-order valence-electron chi connectivity index (χ2n) is 4.67. The van der Waals surface area contributed by atoms with Crippen molar-refractivity contribution in [1.29, 1.82) is 0 Å². The predicted molar refractivity (Wildman–Crippen MR) is 68.6 cm³/mol. The molecule has 1 rings (SSSR count). The van der Waals surface area contributed by atoms with Gasteiger partial charge in [0.05, 0.1) is 6.10 Å². The van der Waals surface area contributed by atoms with Gasteiger partial charge in [-0.15, -0.1) is 0 Å². The third-order valence-corrected chi connectivity index (χ3v) is 3.07. The lowest BCUT2D eigenvalue weighted by Crippen LogP contribution is -2.43. The molecular weight excluding hydrogens is 217 g/mol. The van der Waals surface area contributed by atoms with Crippen LogP contribution in [0.3, 0.4) is 0 Å². The van der Waals surface area contributed by atoms with E-state index in [1.807, 2.05) is 19.2 Å². The van der Waals surface area contributed by atoms with E-state index < -0.39 is 0 Å². The van der Waals surface area contributed by atoms with E-state index in [9.17, 15) is 4.39 Å². The molecule has 0 saturated carbocycles. The van der Waals surface area contributed by atoms with E-state index >= 15 is 0 Å². The van der Waals surface area contributed by atoms with Gasteiger partial charge in [0.15, 0.2) is 0 Å². The van der Waals surface area contributed by atoms with E-state index in [2.05, 4.69) is 19.2 Å². The Labute approximate surface area is 103 Å². The fourth-order valence-electron chi connectivity index (χ4n) is 2.16. The predicted octanol–water partition coefficient (Wildman–Crippen LogP) is 2.63. The largest absolute Gasteiger partial charge is 0.380 e. The quantitative estimate of drug-likeness (QED) is 0.824. The smallest absolute Gasteiger partial charge is 0.123 e. The van der Waals surface area contributed by atoms with Gasteiger partial charge in [0.25, 0.3) is 0 Å². The lowest BCUT2D eigenvalue weighted by molar-refractivity contribution is 0.0354. The highest BCUT2D eigenvalue weighted by atomic mass is 19.1. The first kappa shape index (κ1) is 14.1. The van der Waals surface area contributed by atoms with Crippen LogP contribution >= 0.6 is 0 Å². The highest BCUT2D eigenvalue weighted by molar-refractivity contribution is 5.17. The van der Waals surface area contributed by atoms with Crippen LogP contribution in [-0.2, 0) is 11.2 Å². The highest BCUT2D eigenvalue weighted by Gasteiger charge is 2.23. The number of ether oxygens (including phenoxy) is 1. The molecule has 0 aliphatic heterocycles. The van der Waals surface area contributed by atoms with Crippen LogP contribution in [0.25, 0.3) is 0 Å². The van der Waals surface area contributed by atoms with Gasteiger partial charge in [-0.2, -0.15) is 0 Å². The van der Waals surface area contributed by atoms with Gasteiger partial charge in [-0.3, -0.25) is 0 Å². The summed E-state index contributed by atoms with van der Waals surface area (Å²) in [6.07, 6.45) is 0.998. The Morgan fingerprint density at radius 2 is 1.82 bits per heavy atom. The van der Waals surface area contributed by atoms with Crippen LogP contribution < -0.4 is 5.32 Å². The maximum Gasteiger partial charge on any atom is 0.123 e. The second kappa shape index (κ2) is 6.72. The van der Waals surface area contributed by atoms with Crippen LogP contribution in [-0.4, -0.2) is 26.3 Å². The molecule has 2 unspecified atom stereocenters. The summed E-state index contributed by atoms with van der Waals surface area (Å²) in [4.78, 5) is 0. The first-order chi connectivity index (χ1) is 8.08. The molecule has 0 amide bonds. The molecule has 17 heavy (non-hydrogen) atoms. The van der Waals surface area contributed by atoms with Gasteiger partial charge in [0.2, 0.25) is 0 Å². The van der Waals surface area contributed by atoms with Crippen molar-refractivity contribution in [3.8, 4) is 0 Å². The zero-order valence-corrected chi connectivity index (χ0v) is 11.0. The molecule has 0 aromatic heterocycles. The van der Waals surface area contributed by atoms with E-state index in [1.54, 1.807) is 7.11 Å². The van der Waals surface area contributed by atoms with Crippen molar-refractivity contribution in [2.75, 3.05) is 14.2 Å². The van der Waals surface area contributed by atoms with E-state index in [1.165, 1.54) is 12.1 Å². The minimum atomic E-state index is -0.193. The van der Waals surface area contributed by atoms with Crippen molar-refractivity contribution in [2.45, 2.75) is 32.4 Å². The molecule has 0 fully saturated rings. The average molecular weight is 239 g/mol. The molecule has 0 saturated heterocycles. The summed E-state index contributed by atoms with van der Waals surface area (Å²) in [5.74, 6) is 0.250. The van der Waals surface area contributed by atoms with Gasteiger partial charge in [-0.1, -0.05) is 26.0 Å². The first-order valence-corrected chi connectivity index (χ1v) is 6.03. The van der Waals surface area contributed by atoms with Crippen molar-refractivity contribution >= 4 is 0 Å². The third kappa shape index (κ3) is 4.10. The van der Waals surface area contributed by atoms with Crippen LogP contribution in [0.4, 0.5) is 4.39 Å². The minimum Gasteiger partial charge on any atom is -0.380 e. The molecule has 96 valence electrons. The standard InChI is InChI=1S/C14H22FNO/c1-10(2)14(17-4)13(16-3)9-11-5-7-12(15)8-6-11/h5-8,10,13-14,16H,9H2,1-4H3. The number of halogens is 1. The Morgan fingerprint density at radius 3 is 2.24 bits per heavy atom. The number of hydrogen-bond acceptors (Lipinski definition) is 2. The maximum absolute atomic E-state index is 12.8. The molecule has 1 N–H and O–H groups in total. The molecular formula is C14H22FNO. The highest BCUT2D eigenvalue weighted by Crippen LogP contribution is 2.15. The number of methoxy groups -OCH3 is 1. The fraction of sp³-hybridized carbons (Fsp3) is 0.571. The SMILES string of the molecule is CNC(Cc1ccc(F)cc1)C(OC)C(C)C. The van der Waals surface area contributed by atoms with Gasteiger partial charge >= 0.3 is 0 Å². The molecule has 0 aliphatic carbocycles. The summed E-state index contributed by atoms with van der Waals surface area (Å²) < 4.78 is 18.3. The Morgan fingerprint density at radius 1 is 1.24 bits per heavy atom. The van der Waals surface area contributed by atoms with Gasteiger partial charge in [0.1, 0.15) is 5.82 Å². The molecule has 0 bridgehead atoms. The molecule has 2 nitrogen and oxygen atoms in total. The lowest BCUT2D eigenvalue weighted by atomic mass is 9.94. The number of benzene rings is 1. The normalized spacial score (nSPS) is 14.9. The van der Waals surface area contributed by atoms with Gasteiger partial charge in [0, 0.05) is 13.2 Å². The Balaban J connectivity index is 2.71. The van der Waals surface area contributed by atoms with Crippen molar-refractivity contribution in [1.82, 2.24) is 5.32 Å². The molecule has 0 spiro atoms. The van der Waals surface area contributed by atoms with E-state index in [-0.39, 0.29) is 18.0 Å². The maximum atomic E-state index is 12.8. The van der Waals surface area contributed by atoms with Gasteiger partial charge < -0.3 is 10.1 Å². The van der Waals surface area contributed by atoms with Gasteiger partial charge in [-0.05, 0) is 37.1 Å². The third-order valence-electron chi connectivity index (χ3n) is 3.07. The number of likely N-dealkylation sites (N-methyl/N-ethyl adjacent to an activating group) is 1. The van der Waals surface area contributed by atoms with Gasteiger partial charge in [-0.25, -0.2) is 4.39 Å². The minimum absolute atomic E-state index is 0.157. The van der Waals surface area contributed by atoms with Crippen LogP contribution in [0.2, 0.25) is 0 Å². The van der Waals surface area contributed by atoms with E-state index in [0.717, 1.165) is 12.0 Å². The van der Waals surface area contributed by atoms with Crippen LogP contribution in [0.1, 0.15) is 19.4 Å². The molecule has 0 aliphatic rings. The fourth-order valence-corrected chi connectivity index (χ4v) is 2.16. The first-order valence-electron chi connectivity index (χ1n) is 6.03.